The SMILES string of the molecule is C[C@H](SCC(=O)NCc1ccccc1)c1nc2ccccc2[nH]1. The van der Waals surface area contributed by atoms with Gasteiger partial charge in [0, 0.05) is 6.54 Å². The van der Waals surface area contributed by atoms with Crippen molar-refractivity contribution in [1.82, 2.24) is 15.3 Å². The van der Waals surface area contributed by atoms with Crippen LogP contribution in [0.4, 0.5) is 0 Å². The maximum absolute atomic E-state index is 12.0. The molecule has 0 aliphatic rings. The lowest BCUT2D eigenvalue weighted by Crippen LogP contribution is -2.24. The Hall–Kier alpha value is -2.27. The Balaban J connectivity index is 1.50. The summed E-state index contributed by atoms with van der Waals surface area (Å²) in [4.78, 5) is 19.9. The van der Waals surface area contributed by atoms with Crippen LogP contribution in [0.2, 0.25) is 0 Å². The average Bonchev–Trinajstić information content (AvgIpc) is 3.03. The van der Waals surface area contributed by atoms with Crippen LogP contribution in [-0.4, -0.2) is 21.6 Å². The number of amides is 1. The van der Waals surface area contributed by atoms with Gasteiger partial charge in [-0.3, -0.25) is 4.79 Å². The molecule has 0 aliphatic heterocycles. The number of H-pyrrole nitrogens is 1. The van der Waals surface area contributed by atoms with Crippen LogP contribution in [0.25, 0.3) is 11.0 Å². The number of hydrogen-bond donors (Lipinski definition) is 2. The van der Waals surface area contributed by atoms with E-state index >= 15 is 0 Å². The number of aromatic amines is 1. The highest BCUT2D eigenvalue weighted by molar-refractivity contribution is 8.00. The summed E-state index contributed by atoms with van der Waals surface area (Å²) in [5.41, 5.74) is 3.10. The molecule has 118 valence electrons. The number of imidazole rings is 1. The minimum absolute atomic E-state index is 0.0433. The number of fused-ring (bicyclic) bond motifs is 1. The third kappa shape index (κ3) is 4.13. The summed E-state index contributed by atoms with van der Waals surface area (Å²) in [7, 11) is 0. The molecule has 23 heavy (non-hydrogen) atoms. The molecule has 1 heterocycles. The van der Waals surface area contributed by atoms with E-state index in [0.717, 1.165) is 22.4 Å². The molecule has 2 N–H and O–H groups in total. The van der Waals surface area contributed by atoms with Crippen molar-refractivity contribution in [3.63, 3.8) is 0 Å². The van der Waals surface area contributed by atoms with Gasteiger partial charge in [-0.15, -0.1) is 11.8 Å². The molecule has 4 nitrogen and oxygen atoms in total. The van der Waals surface area contributed by atoms with E-state index in [2.05, 4.69) is 22.2 Å². The minimum Gasteiger partial charge on any atom is -0.351 e. The molecular formula is C18H19N3OS. The fourth-order valence-corrected chi connectivity index (χ4v) is 3.07. The zero-order valence-electron chi connectivity index (χ0n) is 13.0. The number of thioether (sulfide) groups is 1. The van der Waals surface area contributed by atoms with Gasteiger partial charge in [0.1, 0.15) is 5.82 Å². The lowest BCUT2D eigenvalue weighted by Gasteiger charge is -2.09. The molecule has 0 saturated carbocycles. The highest BCUT2D eigenvalue weighted by Gasteiger charge is 2.13. The van der Waals surface area contributed by atoms with Crippen LogP contribution in [0.15, 0.2) is 54.6 Å². The molecular weight excluding hydrogens is 306 g/mol. The van der Waals surface area contributed by atoms with E-state index in [1.807, 2.05) is 54.6 Å². The van der Waals surface area contributed by atoms with Crippen molar-refractivity contribution in [2.24, 2.45) is 0 Å². The number of carbonyl (C=O) groups excluding carboxylic acids is 1. The first-order valence-electron chi connectivity index (χ1n) is 7.59. The quantitative estimate of drug-likeness (QED) is 0.727. The molecule has 0 saturated heterocycles. The lowest BCUT2D eigenvalue weighted by atomic mass is 10.2. The monoisotopic (exact) mass is 325 g/mol. The predicted octanol–water partition coefficient (Wildman–Crippen LogP) is 3.67. The second-order valence-electron chi connectivity index (χ2n) is 5.35. The van der Waals surface area contributed by atoms with Crippen molar-refractivity contribution in [2.75, 3.05) is 5.75 Å². The summed E-state index contributed by atoms with van der Waals surface area (Å²) >= 11 is 1.58. The predicted molar refractivity (Wildman–Crippen MR) is 95.3 cm³/mol. The van der Waals surface area contributed by atoms with Crippen LogP contribution >= 0.6 is 11.8 Å². The molecule has 0 radical (unpaired) electrons. The van der Waals surface area contributed by atoms with E-state index in [4.69, 9.17) is 0 Å². The molecule has 3 aromatic rings. The summed E-state index contributed by atoms with van der Waals surface area (Å²) in [6.07, 6.45) is 0. The maximum atomic E-state index is 12.0. The fourth-order valence-electron chi connectivity index (χ4n) is 2.29. The molecule has 1 atom stereocenters. The second kappa shape index (κ2) is 7.33. The van der Waals surface area contributed by atoms with Gasteiger partial charge in [-0.25, -0.2) is 4.98 Å². The molecule has 0 fully saturated rings. The van der Waals surface area contributed by atoms with E-state index in [9.17, 15) is 4.79 Å². The van der Waals surface area contributed by atoms with Crippen LogP contribution in [0, 0.1) is 0 Å². The molecule has 0 aliphatic carbocycles. The Labute approximate surface area is 139 Å². The molecule has 3 rings (SSSR count). The Morgan fingerprint density at radius 1 is 1.17 bits per heavy atom. The van der Waals surface area contributed by atoms with Gasteiger partial charge in [-0.2, -0.15) is 0 Å². The number of nitrogens with one attached hydrogen (secondary N) is 2. The number of rotatable bonds is 6. The highest BCUT2D eigenvalue weighted by atomic mass is 32.2. The first-order chi connectivity index (χ1) is 11.2. The van der Waals surface area contributed by atoms with Gasteiger partial charge < -0.3 is 10.3 Å². The van der Waals surface area contributed by atoms with Crippen LogP contribution < -0.4 is 5.32 Å². The molecule has 2 aromatic carbocycles. The second-order valence-corrected chi connectivity index (χ2v) is 6.68. The van der Waals surface area contributed by atoms with Gasteiger partial charge in [0.2, 0.25) is 5.91 Å². The van der Waals surface area contributed by atoms with E-state index in [0.29, 0.717) is 12.3 Å². The molecule has 0 unspecified atom stereocenters. The summed E-state index contributed by atoms with van der Waals surface area (Å²) in [5.74, 6) is 1.37. The number of para-hydroxylation sites is 2. The molecule has 0 bridgehead atoms. The summed E-state index contributed by atoms with van der Waals surface area (Å²) < 4.78 is 0. The largest absolute Gasteiger partial charge is 0.351 e. The van der Waals surface area contributed by atoms with Gasteiger partial charge in [-0.05, 0) is 24.6 Å². The molecule has 0 spiro atoms. The fraction of sp³-hybridized carbons (Fsp3) is 0.222. The Morgan fingerprint density at radius 2 is 1.91 bits per heavy atom. The summed E-state index contributed by atoms with van der Waals surface area (Å²) in [5, 5.41) is 3.09. The summed E-state index contributed by atoms with van der Waals surface area (Å²) in [6.45, 7) is 2.63. The van der Waals surface area contributed by atoms with E-state index < -0.39 is 0 Å². The van der Waals surface area contributed by atoms with Crippen molar-refractivity contribution in [3.8, 4) is 0 Å². The molecule has 1 aromatic heterocycles. The number of hydrogen-bond acceptors (Lipinski definition) is 3. The van der Waals surface area contributed by atoms with Gasteiger partial charge in [-0.1, -0.05) is 42.5 Å². The van der Waals surface area contributed by atoms with Gasteiger partial charge >= 0.3 is 0 Å². The zero-order valence-corrected chi connectivity index (χ0v) is 13.8. The minimum atomic E-state index is 0.0433. The van der Waals surface area contributed by atoms with Crippen molar-refractivity contribution >= 4 is 28.7 Å². The van der Waals surface area contributed by atoms with Crippen molar-refractivity contribution in [3.05, 3.63) is 66.0 Å². The van der Waals surface area contributed by atoms with Crippen LogP contribution in [-0.2, 0) is 11.3 Å². The van der Waals surface area contributed by atoms with Crippen molar-refractivity contribution < 1.29 is 4.79 Å². The van der Waals surface area contributed by atoms with Crippen LogP contribution in [0.1, 0.15) is 23.6 Å². The number of benzene rings is 2. The van der Waals surface area contributed by atoms with Crippen molar-refractivity contribution in [2.45, 2.75) is 18.7 Å². The third-order valence-corrected chi connectivity index (χ3v) is 4.74. The highest BCUT2D eigenvalue weighted by Crippen LogP contribution is 2.27. The normalized spacial score (nSPS) is 12.2. The Bertz CT molecular complexity index is 752. The lowest BCUT2D eigenvalue weighted by molar-refractivity contribution is -0.118. The maximum Gasteiger partial charge on any atom is 0.230 e. The van der Waals surface area contributed by atoms with Crippen LogP contribution in [0.5, 0.6) is 0 Å². The van der Waals surface area contributed by atoms with Gasteiger partial charge in [0.15, 0.2) is 0 Å². The first kappa shape index (κ1) is 15.6. The van der Waals surface area contributed by atoms with E-state index in [-0.39, 0.29) is 11.2 Å². The Morgan fingerprint density at radius 3 is 2.70 bits per heavy atom. The zero-order chi connectivity index (χ0) is 16.1. The van der Waals surface area contributed by atoms with Gasteiger partial charge in [0.05, 0.1) is 22.0 Å². The number of aromatic nitrogens is 2. The molecule has 1 amide bonds. The number of carbonyl (C=O) groups is 1. The molecule has 5 heteroatoms. The topological polar surface area (TPSA) is 57.8 Å². The smallest absolute Gasteiger partial charge is 0.230 e. The first-order valence-corrected chi connectivity index (χ1v) is 8.64. The summed E-state index contributed by atoms with van der Waals surface area (Å²) in [6, 6.07) is 17.9. The Kier molecular flexibility index (Phi) is 4.98. The third-order valence-electron chi connectivity index (χ3n) is 3.59. The van der Waals surface area contributed by atoms with Crippen LogP contribution in [0.3, 0.4) is 0 Å². The van der Waals surface area contributed by atoms with E-state index in [1.54, 1.807) is 11.8 Å². The van der Waals surface area contributed by atoms with Gasteiger partial charge in [0.25, 0.3) is 0 Å². The number of nitrogens with zero attached hydrogens (tertiary/aromatic N) is 1. The van der Waals surface area contributed by atoms with E-state index in [1.165, 1.54) is 0 Å². The average molecular weight is 325 g/mol. The van der Waals surface area contributed by atoms with Crippen molar-refractivity contribution in [1.29, 1.82) is 0 Å². The standard InChI is InChI=1S/C18H19N3OS/c1-13(18-20-15-9-5-6-10-16(15)21-18)23-12-17(22)19-11-14-7-3-2-4-8-14/h2-10,13H,11-12H2,1H3,(H,19,22)(H,20,21)/t13-/m0/s1.